The van der Waals surface area contributed by atoms with Crippen molar-refractivity contribution in [3.63, 3.8) is 0 Å². The van der Waals surface area contributed by atoms with Gasteiger partial charge in [0.25, 0.3) is 0 Å². The summed E-state index contributed by atoms with van der Waals surface area (Å²) in [5, 5.41) is 8.89. The molecule has 1 saturated heterocycles. The van der Waals surface area contributed by atoms with E-state index in [2.05, 4.69) is 19.9 Å². The van der Waals surface area contributed by atoms with Crippen molar-refractivity contribution in [1.29, 1.82) is 5.26 Å². The zero-order chi connectivity index (χ0) is 20.1. The van der Waals surface area contributed by atoms with Crippen LogP contribution in [0.25, 0.3) is 0 Å². The number of nitrogens with zero attached hydrogens (tertiary/aromatic N) is 1. The number of nitriles is 1. The fraction of sp³-hybridized carbons (Fsp3) is 0.333. The Labute approximate surface area is 165 Å². The fourth-order valence-electron chi connectivity index (χ4n) is 2.79. The molecule has 0 N–H and O–H groups in total. The molecule has 28 heavy (non-hydrogen) atoms. The Hall–Kier alpha value is -2.82. The first-order chi connectivity index (χ1) is 13.4. The summed E-state index contributed by atoms with van der Waals surface area (Å²) < 4.78 is 22.8. The lowest BCUT2D eigenvalue weighted by Crippen LogP contribution is -2.48. The van der Waals surface area contributed by atoms with Crippen molar-refractivity contribution in [1.82, 2.24) is 0 Å². The smallest absolute Gasteiger partial charge is 0.461 e. The molecule has 3 rings (SSSR count). The maximum atomic E-state index is 11.3. The summed E-state index contributed by atoms with van der Waals surface area (Å²) in [6.07, 6.45) is 0. The number of benzene rings is 2. The molecule has 1 aliphatic heterocycles. The maximum absolute atomic E-state index is 11.3. The zero-order valence-electron chi connectivity index (χ0n) is 16.2. The van der Waals surface area contributed by atoms with Crippen LogP contribution in [0.5, 0.6) is 11.5 Å². The molecular formula is C21H22BNO5. The number of rotatable bonds is 5. The van der Waals surface area contributed by atoms with E-state index in [-0.39, 0.29) is 18.0 Å². The molecule has 0 aliphatic carbocycles. The molecule has 1 heterocycles. The van der Waals surface area contributed by atoms with Crippen molar-refractivity contribution >= 4 is 18.6 Å². The molecule has 0 bridgehead atoms. The van der Waals surface area contributed by atoms with Crippen LogP contribution in [-0.2, 0) is 25.4 Å². The monoisotopic (exact) mass is 379 g/mol. The normalized spacial score (nSPS) is 15.6. The number of ether oxygens (including phenoxy) is 2. The van der Waals surface area contributed by atoms with Crippen molar-refractivity contribution in [2.24, 2.45) is 5.41 Å². The van der Waals surface area contributed by atoms with Crippen molar-refractivity contribution in [2.45, 2.75) is 27.4 Å². The third kappa shape index (κ3) is 5.13. The molecule has 2 aromatic carbocycles. The van der Waals surface area contributed by atoms with Gasteiger partial charge >= 0.3 is 13.1 Å². The van der Waals surface area contributed by atoms with E-state index in [1.54, 1.807) is 24.3 Å². The minimum atomic E-state index is -0.512. The largest absolute Gasteiger partial charge is 0.494 e. The van der Waals surface area contributed by atoms with Gasteiger partial charge in [0, 0.05) is 25.6 Å². The number of hydrogen-bond donors (Lipinski definition) is 0. The predicted octanol–water partition coefficient (Wildman–Crippen LogP) is 3.18. The van der Waals surface area contributed by atoms with Crippen LogP contribution in [0.4, 0.5) is 0 Å². The molecule has 0 amide bonds. The first-order valence-electron chi connectivity index (χ1n) is 9.04. The molecule has 6 nitrogen and oxygen atoms in total. The summed E-state index contributed by atoms with van der Waals surface area (Å²) in [6, 6.07) is 14.4. The van der Waals surface area contributed by atoms with Gasteiger partial charge in [0.1, 0.15) is 18.1 Å². The highest BCUT2D eigenvalue weighted by atomic mass is 16.6. The lowest BCUT2D eigenvalue weighted by atomic mass is 9.73. The second kappa shape index (κ2) is 8.47. The third-order valence-electron chi connectivity index (χ3n) is 4.27. The third-order valence-corrected chi connectivity index (χ3v) is 4.27. The molecule has 7 heteroatoms. The summed E-state index contributed by atoms with van der Waals surface area (Å²) in [5.74, 6) is 0.833. The molecule has 2 aromatic rings. The zero-order valence-corrected chi connectivity index (χ0v) is 16.2. The second-order valence-electron chi connectivity index (χ2n) is 7.50. The second-order valence-corrected chi connectivity index (χ2v) is 7.50. The lowest BCUT2D eigenvalue weighted by Gasteiger charge is -2.33. The van der Waals surface area contributed by atoms with Crippen LogP contribution in [-0.4, -0.2) is 26.3 Å². The van der Waals surface area contributed by atoms with Crippen molar-refractivity contribution in [2.75, 3.05) is 13.2 Å². The molecule has 1 fully saturated rings. The topological polar surface area (TPSA) is 77.8 Å². The van der Waals surface area contributed by atoms with Gasteiger partial charge in [0.15, 0.2) is 0 Å². The highest BCUT2D eigenvalue weighted by Crippen LogP contribution is 2.25. The summed E-state index contributed by atoms with van der Waals surface area (Å²) in [5.41, 5.74) is 2.09. The minimum absolute atomic E-state index is 0.0365. The number of hydrogen-bond acceptors (Lipinski definition) is 6. The van der Waals surface area contributed by atoms with E-state index in [9.17, 15) is 4.79 Å². The van der Waals surface area contributed by atoms with E-state index < -0.39 is 7.12 Å². The molecule has 0 aromatic heterocycles. The first-order valence-corrected chi connectivity index (χ1v) is 9.04. The van der Waals surface area contributed by atoms with Gasteiger partial charge in [-0.1, -0.05) is 19.9 Å². The number of carbonyl (C=O) groups is 1. The van der Waals surface area contributed by atoms with Crippen molar-refractivity contribution in [3.8, 4) is 17.6 Å². The Kier molecular flexibility index (Phi) is 6.03. The molecule has 0 radical (unpaired) electrons. The average molecular weight is 379 g/mol. The van der Waals surface area contributed by atoms with E-state index >= 15 is 0 Å². The first kappa shape index (κ1) is 19.9. The molecule has 144 valence electrons. The quantitative estimate of drug-likeness (QED) is 0.587. The SMILES string of the molecule is CC(=O)OCc1cc(Oc2ccc(C#N)cc2)ccc1B1OCC(C)(C)CO1. The van der Waals surface area contributed by atoms with E-state index in [4.69, 9.17) is 24.0 Å². The van der Waals surface area contributed by atoms with Crippen molar-refractivity contribution < 1.29 is 23.6 Å². The van der Waals surface area contributed by atoms with Crippen molar-refractivity contribution in [3.05, 3.63) is 53.6 Å². The Morgan fingerprint density at radius 1 is 1.14 bits per heavy atom. The van der Waals surface area contributed by atoms with E-state index in [1.807, 2.05) is 18.2 Å². The van der Waals surface area contributed by atoms with Crippen LogP contribution in [0.3, 0.4) is 0 Å². The van der Waals surface area contributed by atoms with Gasteiger partial charge in [-0.2, -0.15) is 5.26 Å². The van der Waals surface area contributed by atoms with Gasteiger partial charge < -0.3 is 18.8 Å². The maximum Gasteiger partial charge on any atom is 0.494 e. The van der Waals surface area contributed by atoms with Gasteiger partial charge in [-0.3, -0.25) is 4.79 Å². The van der Waals surface area contributed by atoms with E-state index in [0.717, 1.165) is 11.0 Å². The fourth-order valence-corrected chi connectivity index (χ4v) is 2.79. The summed E-state index contributed by atoms with van der Waals surface area (Å²) in [6.45, 7) is 6.78. The van der Waals surface area contributed by atoms with E-state index in [0.29, 0.717) is 30.3 Å². The molecule has 0 spiro atoms. The Morgan fingerprint density at radius 2 is 1.79 bits per heavy atom. The lowest BCUT2D eigenvalue weighted by molar-refractivity contribution is -0.142. The van der Waals surface area contributed by atoms with Crippen LogP contribution in [0.15, 0.2) is 42.5 Å². The highest BCUT2D eigenvalue weighted by Gasteiger charge is 2.35. The number of esters is 1. The molecule has 1 aliphatic rings. The predicted molar refractivity (Wildman–Crippen MR) is 104 cm³/mol. The van der Waals surface area contributed by atoms with Gasteiger partial charge in [0.2, 0.25) is 0 Å². The Balaban J connectivity index is 1.81. The summed E-state index contributed by atoms with van der Waals surface area (Å²) >= 11 is 0. The van der Waals surface area contributed by atoms with Crippen LogP contribution < -0.4 is 10.2 Å². The molecule has 0 saturated carbocycles. The van der Waals surface area contributed by atoms with E-state index in [1.165, 1.54) is 6.92 Å². The Bertz CT molecular complexity index is 879. The molecule has 0 unspecified atom stereocenters. The van der Waals surface area contributed by atoms with Gasteiger partial charge in [-0.15, -0.1) is 0 Å². The Morgan fingerprint density at radius 3 is 2.39 bits per heavy atom. The minimum Gasteiger partial charge on any atom is -0.461 e. The summed E-state index contributed by atoms with van der Waals surface area (Å²) in [7, 11) is -0.512. The molecule has 0 atom stereocenters. The van der Waals surface area contributed by atoms with Gasteiger partial charge in [-0.25, -0.2) is 0 Å². The van der Waals surface area contributed by atoms with Crippen LogP contribution in [0, 0.1) is 16.7 Å². The number of carbonyl (C=O) groups excluding carboxylic acids is 1. The van der Waals surface area contributed by atoms with Gasteiger partial charge in [0.05, 0.1) is 11.6 Å². The highest BCUT2D eigenvalue weighted by molar-refractivity contribution is 6.62. The molecular weight excluding hydrogens is 357 g/mol. The van der Waals surface area contributed by atoms with Crippen LogP contribution in [0.1, 0.15) is 31.9 Å². The van der Waals surface area contributed by atoms with Crippen LogP contribution >= 0.6 is 0 Å². The van der Waals surface area contributed by atoms with Gasteiger partial charge in [-0.05, 0) is 47.4 Å². The van der Waals surface area contributed by atoms with Crippen LogP contribution in [0.2, 0.25) is 0 Å². The standard InChI is InChI=1S/C21H22BNO5/c1-15(24)25-12-17-10-19(28-18-6-4-16(11-23)5-7-18)8-9-20(17)22-26-13-21(2,3)14-27-22/h4-10H,12-14H2,1-3H3. The summed E-state index contributed by atoms with van der Waals surface area (Å²) in [4.78, 5) is 11.3. The average Bonchev–Trinajstić information content (AvgIpc) is 2.67.